The number of anilines is 1. The summed E-state index contributed by atoms with van der Waals surface area (Å²) in [4.78, 5) is 2.47. The molecule has 3 heteroatoms. The Balaban J connectivity index is 1.89. The van der Waals surface area contributed by atoms with E-state index in [0.29, 0.717) is 0 Å². The molecule has 2 unspecified atom stereocenters. The minimum atomic E-state index is -0.486. The first kappa shape index (κ1) is 17.0. The van der Waals surface area contributed by atoms with E-state index in [9.17, 15) is 0 Å². The van der Waals surface area contributed by atoms with Gasteiger partial charge in [-0.05, 0) is 42.7 Å². The average molecular weight is 349 g/mol. The SMILES string of the molecule is CCCCN1c2ccccc2C(C)C12Oc1c(cccc1OC)C=C2C. The summed E-state index contributed by atoms with van der Waals surface area (Å²) in [5.74, 6) is 1.89. The summed E-state index contributed by atoms with van der Waals surface area (Å²) in [6.45, 7) is 7.70. The van der Waals surface area contributed by atoms with Gasteiger partial charge in [-0.2, -0.15) is 0 Å². The van der Waals surface area contributed by atoms with Crippen molar-refractivity contribution in [3.8, 4) is 11.5 Å². The van der Waals surface area contributed by atoms with Gasteiger partial charge in [-0.25, -0.2) is 0 Å². The predicted molar refractivity (Wildman–Crippen MR) is 107 cm³/mol. The zero-order valence-electron chi connectivity index (χ0n) is 16.1. The van der Waals surface area contributed by atoms with E-state index in [-0.39, 0.29) is 5.92 Å². The highest BCUT2D eigenvalue weighted by Gasteiger charge is 2.54. The van der Waals surface area contributed by atoms with Gasteiger partial charge in [-0.1, -0.05) is 50.6 Å². The monoisotopic (exact) mass is 349 g/mol. The fraction of sp³-hybridized carbons (Fsp3) is 0.391. The molecule has 0 saturated carbocycles. The first-order chi connectivity index (χ1) is 12.6. The Morgan fingerprint density at radius 2 is 1.96 bits per heavy atom. The van der Waals surface area contributed by atoms with Crippen molar-refractivity contribution < 1.29 is 9.47 Å². The van der Waals surface area contributed by atoms with Crippen LogP contribution < -0.4 is 14.4 Å². The van der Waals surface area contributed by atoms with E-state index in [1.807, 2.05) is 12.1 Å². The Hall–Kier alpha value is -2.42. The normalized spacial score (nSPS) is 23.3. The van der Waals surface area contributed by atoms with Crippen molar-refractivity contribution in [2.24, 2.45) is 0 Å². The molecule has 2 atom stereocenters. The summed E-state index contributed by atoms with van der Waals surface area (Å²) in [6, 6.07) is 14.8. The van der Waals surface area contributed by atoms with Crippen LogP contribution in [0.1, 0.15) is 50.7 Å². The van der Waals surface area contributed by atoms with Crippen molar-refractivity contribution in [1.29, 1.82) is 0 Å². The van der Waals surface area contributed by atoms with Gasteiger partial charge >= 0.3 is 0 Å². The van der Waals surface area contributed by atoms with E-state index in [2.05, 4.69) is 62.1 Å². The van der Waals surface area contributed by atoms with Crippen LogP contribution in [-0.2, 0) is 0 Å². The van der Waals surface area contributed by atoms with E-state index >= 15 is 0 Å². The Morgan fingerprint density at radius 3 is 2.73 bits per heavy atom. The fourth-order valence-electron chi connectivity index (χ4n) is 4.51. The number of hydrogen-bond acceptors (Lipinski definition) is 3. The quantitative estimate of drug-likeness (QED) is 0.716. The number of nitrogens with zero attached hydrogens (tertiary/aromatic N) is 1. The molecule has 2 heterocycles. The van der Waals surface area contributed by atoms with E-state index < -0.39 is 5.72 Å². The first-order valence-corrected chi connectivity index (χ1v) is 9.54. The van der Waals surface area contributed by atoms with Crippen LogP contribution >= 0.6 is 0 Å². The molecule has 3 nitrogen and oxygen atoms in total. The molecule has 2 aromatic carbocycles. The molecule has 0 saturated heterocycles. The van der Waals surface area contributed by atoms with Crippen molar-refractivity contribution >= 4 is 11.8 Å². The zero-order chi connectivity index (χ0) is 18.3. The molecule has 0 N–H and O–H groups in total. The third-order valence-electron chi connectivity index (χ3n) is 5.84. The highest BCUT2D eigenvalue weighted by atomic mass is 16.5. The molecule has 1 spiro atoms. The van der Waals surface area contributed by atoms with Crippen molar-refractivity contribution in [2.45, 2.75) is 45.3 Å². The van der Waals surface area contributed by atoms with Crippen molar-refractivity contribution in [1.82, 2.24) is 0 Å². The topological polar surface area (TPSA) is 21.7 Å². The van der Waals surface area contributed by atoms with E-state index in [1.165, 1.54) is 16.8 Å². The molecule has 136 valence electrons. The van der Waals surface area contributed by atoms with Gasteiger partial charge in [0.25, 0.3) is 0 Å². The summed E-state index contributed by atoms with van der Waals surface area (Å²) in [7, 11) is 1.71. The molecular formula is C23H27NO2. The van der Waals surface area contributed by atoms with Gasteiger partial charge in [0.05, 0.1) is 7.11 Å². The second-order valence-corrected chi connectivity index (χ2v) is 7.29. The second kappa shape index (κ2) is 6.39. The summed E-state index contributed by atoms with van der Waals surface area (Å²) in [5, 5.41) is 0. The lowest BCUT2D eigenvalue weighted by molar-refractivity contribution is 0.0816. The maximum absolute atomic E-state index is 6.85. The highest BCUT2D eigenvalue weighted by Crippen LogP contribution is 2.55. The summed E-state index contributed by atoms with van der Waals surface area (Å²) >= 11 is 0. The number of unbranched alkanes of at least 4 members (excludes halogenated alkanes) is 1. The molecule has 0 radical (unpaired) electrons. The smallest absolute Gasteiger partial charge is 0.212 e. The molecule has 0 aromatic heterocycles. The molecule has 0 bridgehead atoms. The summed E-state index contributed by atoms with van der Waals surface area (Å²) < 4.78 is 12.5. The minimum absolute atomic E-state index is 0.241. The predicted octanol–water partition coefficient (Wildman–Crippen LogP) is 5.61. The number of ether oxygens (including phenoxy) is 2. The molecule has 0 fully saturated rings. The maximum Gasteiger partial charge on any atom is 0.212 e. The van der Waals surface area contributed by atoms with Crippen LogP contribution in [0.4, 0.5) is 5.69 Å². The van der Waals surface area contributed by atoms with Crippen LogP contribution in [0, 0.1) is 0 Å². The van der Waals surface area contributed by atoms with Gasteiger partial charge in [-0.15, -0.1) is 0 Å². The molecule has 2 aliphatic rings. The number of methoxy groups -OCH3 is 1. The van der Waals surface area contributed by atoms with Crippen LogP contribution in [0.2, 0.25) is 0 Å². The molecule has 2 aliphatic heterocycles. The lowest BCUT2D eigenvalue weighted by Gasteiger charge is -2.46. The lowest BCUT2D eigenvalue weighted by Crippen LogP contribution is -2.55. The average Bonchev–Trinajstić information content (AvgIpc) is 2.90. The molecule has 4 rings (SSSR count). The Labute approximate surface area is 156 Å². The lowest BCUT2D eigenvalue weighted by atomic mass is 9.85. The number of fused-ring (bicyclic) bond motifs is 2. The van der Waals surface area contributed by atoms with Crippen molar-refractivity contribution in [3.05, 3.63) is 59.2 Å². The van der Waals surface area contributed by atoms with Crippen LogP contribution in [0.25, 0.3) is 6.08 Å². The van der Waals surface area contributed by atoms with E-state index in [4.69, 9.17) is 9.47 Å². The highest BCUT2D eigenvalue weighted by molar-refractivity contribution is 5.74. The Kier molecular flexibility index (Phi) is 4.18. The Morgan fingerprint density at radius 1 is 1.15 bits per heavy atom. The number of hydrogen-bond donors (Lipinski definition) is 0. The van der Waals surface area contributed by atoms with Gasteiger partial charge in [0.15, 0.2) is 11.5 Å². The third kappa shape index (κ3) is 2.26. The maximum atomic E-state index is 6.85. The minimum Gasteiger partial charge on any atom is -0.493 e. The van der Waals surface area contributed by atoms with E-state index in [1.54, 1.807) is 7.11 Å². The third-order valence-corrected chi connectivity index (χ3v) is 5.84. The second-order valence-electron chi connectivity index (χ2n) is 7.29. The van der Waals surface area contributed by atoms with Gasteiger partial charge in [0.1, 0.15) is 0 Å². The fourth-order valence-corrected chi connectivity index (χ4v) is 4.51. The molecule has 0 amide bonds. The van der Waals surface area contributed by atoms with Crippen molar-refractivity contribution in [2.75, 3.05) is 18.6 Å². The summed E-state index contributed by atoms with van der Waals surface area (Å²) in [6.07, 6.45) is 4.56. The largest absolute Gasteiger partial charge is 0.493 e. The standard InChI is InChI=1S/C23H27NO2/c1-5-6-14-24-20-12-8-7-11-19(20)17(3)23(24)16(2)15-18-10-9-13-21(25-4)22(18)26-23/h7-13,15,17H,5-6,14H2,1-4H3. The zero-order valence-corrected chi connectivity index (χ0v) is 16.1. The van der Waals surface area contributed by atoms with Gasteiger partial charge in [-0.3, -0.25) is 0 Å². The Bertz CT molecular complexity index is 857. The molecular weight excluding hydrogens is 322 g/mol. The van der Waals surface area contributed by atoms with Crippen LogP contribution in [-0.4, -0.2) is 19.4 Å². The number of para-hydroxylation sites is 2. The van der Waals surface area contributed by atoms with Gasteiger partial charge in [0.2, 0.25) is 5.72 Å². The summed E-state index contributed by atoms with van der Waals surface area (Å²) in [5.41, 5.74) is 4.50. The van der Waals surface area contributed by atoms with Crippen LogP contribution in [0.15, 0.2) is 48.0 Å². The van der Waals surface area contributed by atoms with Gasteiger partial charge < -0.3 is 14.4 Å². The van der Waals surface area contributed by atoms with Crippen LogP contribution in [0.5, 0.6) is 11.5 Å². The van der Waals surface area contributed by atoms with E-state index in [0.717, 1.165) is 36.4 Å². The molecule has 0 aliphatic carbocycles. The van der Waals surface area contributed by atoms with Gasteiger partial charge in [0, 0.05) is 23.7 Å². The number of rotatable bonds is 4. The molecule has 2 aromatic rings. The van der Waals surface area contributed by atoms with Crippen LogP contribution in [0.3, 0.4) is 0 Å². The number of benzene rings is 2. The van der Waals surface area contributed by atoms with Crippen molar-refractivity contribution in [3.63, 3.8) is 0 Å². The molecule has 26 heavy (non-hydrogen) atoms. The first-order valence-electron chi connectivity index (χ1n) is 9.54.